The molecular formula is C30H35BrClN3O4S. The predicted molar refractivity (Wildman–Crippen MR) is 165 cm³/mol. The first-order chi connectivity index (χ1) is 18.6. The monoisotopic (exact) mass is 647 g/mol. The molecule has 1 atom stereocenters. The van der Waals surface area contributed by atoms with E-state index in [9.17, 15) is 18.0 Å². The summed E-state index contributed by atoms with van der Waals surface area (Å²) in [5, 5.41) is 3.55. The lowest BCUT2D eigenvalue weighted by molar-refractivity contribution is -0.140. The van der Waals surface area contributed by atoms with Crippen LogP contribution in [-0.2, 0) is 32.6 Å². The predicted octanol–water partition coefficient (Wildman–Crippen LogP) is 5.73. The van der Waals surface area contributed by atoms with Crippen molar-refractivity contribution in [3.05, 3.63) is 99.0 Å². The summed E-state index contributed by atoms with van der Waals surface area (Å²) in [4.78, 5) is 29.3. The van der Waals surface area contributed by atoms with Crippen molar-refractivity contribution in [1.82, 2.24) is 10.2 Å². The quantitative estimate of drug-likeness (QED) is 0.304. The third kappa shape index (κ3) is 9.08. The number of nitrogens with one attached hydrogen (secondary N) is 1. The second kappa shape index (κ2) is 13.2. The summed E-state index contributed by atoms with van der Waals surface area (Å²) in [6, 6.07) is 20.6. The first-order valence-corrected chi connectivity index (χ1v) is 15.8. The number of sulfonamides is 1. The summed E-state index contributed by atoms with van der Waals surface area (Å²) in [6.45, 7) is 7.07. The van der Waals surface area contributed by atoms with Crippen LogP contribution in [0.5, 0.6) is 0 Å². The highest BCUT2D eigenvalue weighted by atomic mass is 79.9. The Morgan fingerprint density at radius 1 is 0.975 bits per heavy atom. The summed E-state index contributed by atoms with van der Waals surface area (Å²) in [5.74, 6) is -0.838. The maximum absolute atomic E-state index is 14.1. The van der Waals surface area contributed by atoms with E-state index >= 15 is 0 Å². The van der Waals surface area contributed by atoms with Crippen molar-refractivity contribution in [1.29, 1.82) is 0 Å². The molecule has 0 saturated heterocycles. The number of hydrogen-bond donors (Lipinski definition) is 1. The Bertz CT molecular complexity index is 1440. The highest BCUT2D eigenvalue weighted by molar-refractivity contribution is 9.10. The molecule has 0 aliphatic rings. The highest BCUT2D eigenvalue weighted by Crippen LogP contribution is 2.26. The molecule has 3 rings (SSSR count). The van der Waals surface area contributed by atoms with Crippen LogP contribution in [0.15, 0.2) is 77.3 Å². The van der Waals surface area contributed by atoms with Crippen LogP contribution in [0.4, 0.5) is 5.69 Å². The van der Waals surface area contributed by atoms with E-state index in [-0.39, 0.29) is 18.9 Å². The molecule has 0 fully saturated rings. The van der Waals surface area contributed by atoms with Gasteiger partial charge in [0.15, 0.2) is 0 Å². The Labute approximate surface area is 250 Å². The zero-order valence-corrected chi connectivity index (χ0v) is 26.5. The number of carbonyl (C=O) groups is 2. The molecule has 3 aromatic carbocycles. The third-order valence-electron chi connectivity index (χ3n) is 6.14. The normalized spacial score (nSPS) is 12.5. The average Bonchev–Trinajstić information content (AvgIpc) is 2.86. The molecule has 0 aliphatic carbocycles. The Balaban J connectivity index is 2.08. The maximum Gasteiger partial charge on any atom is 0.244 e. The van der Waals surface area contributed by atoms with Crippen molar-refractivity contribution in [3.8, 4) is 0 Å². The van der Waals surface area contributed by atoms with Gasteiger partial charge in [-0.1, -0.05) is 70.0 Å². The maximum atomic E-state index is 14.1. The van der Waals surface area contributed by atoms with E-state index in [1.807, 2.05) is 58.0 Å². The van der Waals surface area contributed by atoms with Gasteiger partial charge in [0.25, 0.3) is 0 Å². The van der Waals surface area contributed by atoms with E-state index in [1.54, 1.807) is 42.5 Å². The molecule has 1 N–H and O–H groups in total. The van der Waals surface area contributed by atoms with Crippen molar-refractivity contribution in [2.45, 2.75) is 52.2 Å². The highest BCUT2D eigenvalue weighted by Gasteiger charge is 2.34. The molecule has 0 aromatic heterocycles. The first-order valence-electron chi connectivity index (χ1n) is 12.8. The van der Waals surface area contributed by atoms with Crippen molar-refractivity contribution >= 4 is 55.1 Å². The zero-order valence-electron chi connectivity index (χ0n) is 23.3. The van der Waals surface area contributed by atoms with Gasteiger partial charge in [-0.05, 0) is 74.7 Å². The number of carbonyl (C=O) groups excluding carboxylic acids is 2. The minimum Gasteiger partial charge on any atom is -0.350 e. The van der Waals surface area contributed by atoms with E-state index in [2.05, 4.69) is 21.2 Å². The summed E-state index contributed by atoms with van der Waals surface area (Å²) in [5.41, 5.74) is 2.26. The number of amides is 2. The number of nitrogens with zero attached hydrogens (tertiary/aromatic N) is 2. The number of rotatable bonds is 10. The molecule has 0 unspecified atom stereocenters. The van der Waals surface area contributed by atoms with Crippen molar-refractivity contribution in [3.63, 3.8) is 0 Å². The van der Waals surface area contributed by atoms with Gasteiger partial charge in [-0.15, -0.1) is 0 Å². The minimum absolute atomic E-state index is 0.0854. The Hall–Kier alpha value is -2.88. The van der Waals surface area contributed by atoms with Gasteiger partial charge in [-0.25, -0.2) is 8.42 Å². The first kappa shape index (κ1) is 31.6. The molecule has 3 aromatic rings. The van der Waals surface area contributed by atoms with Gasteiger partial charge in [0.2, 0.25) is 21.8 Å². The molecular weight excluding hydrogens is 614 g/mol. The topological polar surface area (TPSA) is 86.8 Å². The largest absolute Gasteiger partial charge is 0.350 e. The average molecular weight is 649 g/mol. The van der Waals surface area contributed by atoms with Gasteiger partial charge < -0.3 is 10.2 Å². The smallest absolute Gasteiger partial charge is 0.244 e. The van der Waals surface area contributed by atoms with E-state index < -0.39 is 34.1 Å². The fraction of sp³-hybridized carbons (Fsp3) is 0.333. The molecule has 7 nitrogen and oxygen atoms in total. The van der Waals surface area contributed by atoms with Crippen LogP contribution in [-0.4, -0.2) is 49.5 Å². The standard InChI is InChI=1S/C30H35BrClN3O4S/c1-21-17-25(15-16-26(21)31)35(40(5,38)39)20-28(36)34(19-23-11-13-24(32)14-12-23)27(29(37)33-30(2,3)4)18-22-9-7-6-8-10-22/h6-17,27H,18-20H2,1-5H3,(H,33,37)/t27-/m1/s1. The molecule has 214 valence electrons. The van der Waals surface area contributed by atoms with Gasteiger partial charge in [-0.2, -0.15) is 0 Å². The van der Waals surface area contributed by atoms with Crippen molar-refractivity contribution in [2.24, 2.45) is 0 Å². The molecule has 0 spiro atoms. The van der Waals surface area contributed by atoms with Crippen molar-refractivity contribution in [2.75, 3.05) is 17.1 Å². The SMILES string of the molecule is Cc1cc(N(CC(=O)N(Cc2ccc(Cl)cc2)[C@H](Cc2ccccc2)C(=O)NC(C)(C)C)S(C)(=O)=O)ccc1Br. The fourth-order valence-electron chi connectivity index (χ4n) is 4.19. The lowest BCUT2D eigenvalue weighted by atomic mass is 10.0. The summed E-state index contributed by atoms with van der Waals surface area (Å²) in [7, 11) is -3.84. The second-order valence-corrected chi connectivity index (χ2v) is 14.0. The molecule has 0 heterocycles. The van der Waals surface area contributed by atoms with Crippen LogP contribution in [0.3, 0.4) is 0 Å². The molecule has 0 bridgehead atoms. The van der Waals surface area contributed by atoms with Crippen LogP contribution in [0.1, 0.15) is 37.5 Å². The van der Waals surface area contributed by atoms with Crippen LogP contribution >= 0.6 is 27.5 Å². The zero-order chi connectivity index (χ0) is 29.7. The Morgan fingerprint density at radius 3 is 2.15 bits per heavy atom. The minimum atomic E-state index is -3.84. The number of aryl methyl sites for hydroxylation is 1. The lowest BCUT2D eigenvalue weighted by Crippen LogP contribution is -2.56. The van der Waals surface area contributed by atoms with Crippen LogP contribution in [0.25, 0.3) is 0 Å². The lowest BCUT2D eigenvalue weighted by Gasteiger charge is -2.35. The summed E-state index contributed by atoms with van der Waals surface area (Å²) in [6.07, 6.45) is 1.31. The molecule has 0 aliphatic heterocycles. The molecule has 2 amide bonds. The molecule has 0 radical (unpaired) electrons. The van der Waals surface area contributed by atoms with E-state index in [1.165, 1.54) is 4.90 Å². The third-order valence-corrected chi connectivity index (χ3v) is 8.43. The number of benzene rings is 3. The van der Waals surface area contributed by atoms with Crippen LogP contribution in [0.2, 0.25) is 5.02 Å². The van der Waals surface area contributed by atoms with E-state index in [0.29, 0.717) is 10.7 Å². The summed E-state index contributed by atoms with van der Waals surface area (Å²) < 4.78 is 27.7. The van der Waals surface area contributed by atoms with Crippen molar-refractivity contribution < 1.29 is 18.0 Å². The van der Waals surface area contributed by atoms with Gasteiger partial charge >= 0.3 is 0 Å². The van der Waals surface area contributed by atoms with Crippen LogP contribution in [0, 0.1) is 6.92 Å². The van der Waals surface area contributed by atoms with Gasteiger partial charge in [0.1, 0.15) is 12.6 Å². The van der Waals surface area contributed by atoms with Crippen LogP contribution < -0.4 is 9.62 Å². The molecule has 40 heavy (non-hydrogen) atoms. The van der Waals surface area contributed by atoms with Gasteiger partial charge in [0, 0.05) is 28.0 Å². The van der Waals surface area contributed by atoms with E-state index in [4.69, 9.17) is 11.6 Å². The van der Waals surface area contributed by atoms with E-state index in [0.717, 1.165) is 31.7 Å². The van der Waals surface area contributed by atoms with Gasteiger partial charge in [0.05, 0.1) is 11.9 Å². The number of halogens is 2. The Kier molecular flexibility index (Phi) is 10.4. The van der Waals surface area contributed by atoms with Gasteiger partial charge in [-0.3, -0.25) is 13.9 Å². The number of anilines is 1. The Morgan fingerprint density at radius 2 is 1.60 bits per heavy atom. The summed E-state index contributed by atoms with van der Waals surface area (Å²) >= 11 is 9.53. The molecule has 10 heteroatoms. The second-order valence-electron chi connectivity index (χ2n) is 10.8. The fourth-order valence-corrected chi connectivity index (χ4v) is 5.41. The number of hydrogen-bond acceptors (Lipinski definition) is 4. The molecule has 0 saturated carbocycles.